The first-order valence-electron chi connectivity index (χ1n) is 7.92. The van der Waals surface area contributed by atoms with Gasteiger partial charge in [-0.1, -0.05) is 0 Å². The number of nitrogens with zero attached hydrogens (tertiary/aromatic N) is 1. The van der Waals surface area contributed by atoms with E-state index in [0.717, 1.165) is 19.3 Å². The van der Waals surface area contributed by atoms with Crippen molar-refractivity contribution in [3.8, 4) is 0 Å². The van der Waals surface area contributed by atoms with E-state index in [4.69, 9.17) is 9.25 Å². The van der Waals surface area contributed by atoms with Gasteiger partial charge < -0.3 is 9.25 Å². The smallest absolute Gasteiger partial charge is 0.360 e. The minimum Gasteiger partial charge on any atom is -0.465 e. The molecule has 0 aromatic carbocycles. The molecule has 1 aliphatic rings. The SMILES string of the molecule is CC(=O)/C(=C\c1ccco1)C(=O)ON1C(C)(C)CCCC1(C)C. The van der Waals surface area contributed by atoms with Crippen molar-refractivity contribution in [1.82, 2.24) is 5.06 Å². The quantitative estimate of drug-likeness (QED) is 0.480. The van der Waals surface area contributed by atoms with Crippen molar-refractivity contribution in [2.24, 2.45) is 0 Å². The van der Waals surface area contributed by atoms with Crippen LogP contribution in [0.5, 0.6) is 0 Å². The van der Waals surface area contributed by atoms with Crippen molar-refractivity contribution in [3.63, 3.8) is 0 Å². The van der Waals surface area contributed by atoms with Gasteiger partial charge >= 0.3 is 5.97 Å². The van der Waals surface area contributed by atoms with Crippen molar-refractivity contribution in [1.29, 1.82) is 0 Å². The summed E-state index contributed by atoms with van der Waals surface area (Å²) in [5.41, 5.74) is -0.564. The zero-order chi connectivity index (χ0) is 17.3. The predicted octanol–water partition coefficient (Wildman–Crippen LogP) is 3.75. The molecule has 2 heterocycles. The molecule has 5 nitrogen and oxygen atoms in total. The Kier molecular flexibility index (Phi) is 4.80. The highest BCUT2D eigenvalue weighted by Gasteiger charge is 2.44. The first-order chi connectivity index (χ1) is 10.6. The van der Waals surface area contributed by atoms with E-state index in [1.54, 1.807) is 17.2 Å². The van der Waals surface area contributed by atoms with Crippen molar-refractivity contribution in [2.75, 3.05) is 0 Å². The van der Waals surface area contributed by atoms with Crippen molar-refractivity contribution < 1.29 is 18.8 Å². The van der Waals surface area contributed by atoms with E-state index in [-0.39, 0.29) is 22.4 Å². The molecule has 2 rings (SSSR count). The molecule has 0 atom stereocenters. The Labute approximate surface area is 137 Å². The lowest BCUT2D eigenvalue weighted by molar-refractivity contribution is -0.262. The summed E-state index contributed by atoms with van der Waals surface area (Å²) in [7, 11) is 0. The van der Waals surface area contributed by atoms with Crippen LogP contribution < -0.4 is 0 Å². The number of hydroxylamine groups is 2. The second-order valence-corrected chi connectivity index (χ2v) is 7.28. The van der Waals surface area contributed by atoms with Crippen LogP contribution in [0, 0.1) is 0 Å². The normalized spacial score (nSPS) is 21.0. The minimum absolute atomic E-state index is 0.0166. The molecular formula is C18H25NO4. The third-order valence-corrected chi connectivity index (χ3v) is 4.28. The molecule has 23 heavy (non-hydrogen) atoms. The van der Waals surface area contributed by atoms with Gasteiger partial charge in [-0.15, -0.1) is 5.06 Å². The molecule has 0 bridgehead atoms. The molecule has 0 spiro atoms. The summed E-state index contributed by atoms with van der Waals surface area (Å²) in [6.07, 6.45) is 5.86. The summed E-state index contributed by atoms with van der Waals surface area (Å²) in [4.78, 5) is 30.1. The van der Waals surface area contributed by atoms with Crippen LogP contribution in [0.15, 0.2) is 28.4 Å². The number of rotatable bonds is 4. The molecule has 0 amide bonds. The van der Waals surface area contributed by atoms with Crippen LogP contribution in [0.3, 0.4) is 0 Å². The molecule has 1 saturated heterocycles. The first-order valence-corrected chi connectivity index (χ1v) is 7.92. The van der Waals surface area contributed by atoms with Crippen LogP contribution in [0.2, 0.25) is 0 Å². The molecule has 0 unspecified atom stereocenters. The maximum Gasteiger partial charge on any atom is 0.360 e. The number of furan rings is 1. The summed E-state index contributed by atoms with van der Waals surface area (Å²) >= 11 is 0. The van der Waals surface area contributed by atoms with Gasteiger partial charge in [-0.3, -0.25) is 4.79 Å². The van der Waals surface area contributed by atoms with Gasteiger partial charge in [0.05, 0.1) is 17.3 Å². The third kappa shape index (κ3) is 3.91. The molecule has 0 aliphatic carbocycles. The van der Waals surface area contributed by atoms with Gasteiger partial charge in [0.1, 0.15) is 11.3 Å². The summed E-state index contributed by atoms with van der Waals surface area (Å²) in [5, 5.41) is 1.74. The Hall–Kier alpha value is -1.88. The molecule has 1 fully saturated rings. The molecular weight excluding hydrogens is 294 g/mol. The average Bonchev–Trinajstić information content (AvgIpc) is 2.92. The predicted molar refractivity (Wildman–Crippen MR) is 87.3 cm³/mol. The van der Waals surface area contributed by atoms with Gasteiger partial charge in [-0.05, 0) is 72.1 Å². The van der Waals surface area contributed by atoms with Gasteiger partial charge in [0, 0.05) is 0 Å². The van der Waals surface area contributed by atoms with Crippen molar-refractivity contribution in [2.45, 2.75) is 65.0 Å². The van der Waals surface area contributed by atoms with E-state index in [9.17, 15) is 9.59 Å². The maximum absolute atomic E-state index is 12.6. The van der Waals surface area contributed by atoms with Gasteiger partial charge in [-0.2, -0.15) is 0 Å². The van der Waals surface area contributed by atoms with Gasteiger partial charge in [-0.25, -0.2) is 4.79 Å². The standard InChI is InChI=1S/C18H25NO4/c1-13(20)15(12-14-8-6-11-22-14)16(21)23-19-17(2,3)9-7-10-18(19,4)5/h6,8,11-12H,7,9-10H2,1-5H3/b15-12+. The largest absolute Gasteiger partial charge is 0.465 e. The van der Waals surface area contributed by atoms with Gasteiger partial charge in [0.2, 0.25) is 0 Å². The highest BCUT2D eigenvalue weighted by atomic mass is 16.7. The van der Waals surface area contributed by atoms with Crippen LogP contribution >= 0.6 is 0 Å². The summed E-state index contributed by atoms with van der Waals surface area (Å²) in [5.74, 6) is -0.541. The lowest BCUT2D eigenvalue weighted by atomic mass is 9.82. The van der Waals surface area contributed by atoms with Crippen LogP contribution in [-0.4, -0.2) is 27.9 Å². The Morgan fingerprint density at radius 1 is 1.22 bits per heavy atom. The zero-order valence-corrected chi connectivity index (χ0v) is 14.5. The summed E-state index contributed by atoms with van der Waals surface area (Å²) in [6, 6.07) is 3.39. The first kappa shape index (κ1) is 17.5. The molecule has 0 radical (unpaired) electrons. The fourth-order valence-corrected chi connectivity index (χ4v) is 3.18. The van der Waals surface area contributed by atoms with Crippen LogP contribution in [0.25, 0.3) is 6.08 Å². The van der Waals surface area contributed by atoms with Crippen LogP contribution in [-0.2, 0) is 14.4 Å². The minimum atomic E-state index is -0.642. The van der Waals surface area contributed by atoms with Gasteiger partial charge in [0.25, 0.3) is 0 Å². The molecule has 0 N–H and O–H groups in total. The number of hydrogen-bond acceptors (Lipinski definition) is 5. The fourth-order valence-electron chi connectivity index (χ4n) is 3.18. The van der Waals surface area contributed by atoms with E-state index in [2.05, 4.69) is 0 Å². The van der Waals surface area contributed by atoms with E-state index in [0.29, 0.717) is 5.76 Å². The number of carbonyl (C=O) groups excluding carboxylic acids is 2. The second-order valence-electron chi connectivity index (χ2n) is 7.28. The Morgan fingerprint density at radius 2 is 1.83 bits per heavy atom. The molecule has 1 aromatic heterocycles. The average molecular weight is 319 g/mol. The van der Waals surface area contributed by atoms with Gasteiger partial charge in [0.15, 0.2) is 5.78 Å². The highest BCUT2D eigenvalue weighted by molar-refractivity contribution is 6.19. The number of carbonyl (C=O) groups is 2. The number of hydrogen-bond donors (Lipinski definition) is 0. The summed E-state index contributed by atoms with van der Waals surface area (Å²) in [6.45, 7) is 9.54. The lowest BCUT2D eigenvalue weighted by Gasteiger charge is -2.50. The third-order valence-electron chi connectivity index (χ3n) is 4.28. The molecule has 1 aromatic rings. The van der Waals surface area contributed by atoms with E-state index in [1.165, 1.54) is 19.3 Å². The van der Waals surface area contributed by atoms with E-state index in [1.807, 2.05) is 27.7 Å². The van der Waals surface area contributed by atoms with Crippen LogP contribution in [0.4, 0.5) is 0 Å². The zero-order valence-electron chi connectivity index (χ0n) is 14.5. The Balaban J connectivity index is 2.26. The molecule has 5 heteroatoms. The van der Waals surface area contributed by atoms with Crippen molar-refractivity contribution >= 4 is 17.8 Å². The fraction of sp³-hybridized carbons (Fsp3) is 0.556. The highest BCUT2D eigenvalue weighted by Crippen LogP contribution is 2.38. The molecule has 0 saturated carbocycles. The van der Waals surface area contributed by atoms with Crippen LogP contribution in [0.1, 0.15) is 59.6 Å². The Bertz CT molecular complexity index is 595. The number of ketones is 1. The molecule has 126 valence electrons. The maximum atomic E-state index is 12.6. The number of piperidine rings is 1. The summed E-state index contributed by atoms with van der Waals surface area (Å²) < 4.78 is 5.19. The van der Waals surface area contributed by atoms with Crippen molar-refractivity contribution in [3.05, 3.63) is 29.7 Å². The topological polar surface area (TPSA) is 59.8 Å². The van der Waals surface area contributed by atoms with E-state index >= 15 is 0 Å². The Morgan fingerprint density at radius 3 is 2.30 bits per heavy atom. The molecule has 1 aliphatic heterocycles. The number of Topliss-reactive ketones (excluding diaryl/α,β-unsaturated/α-hetero) is 1. The lowest BCUT2D eigenvalue weighted by Crippen LogP contribution is -2.59. The monoisotopic (exact) mass is 319 g/mol. The van der Waals surface area contributed by atoms with E-state index < -0.39 is 5.97 Å². The second kappa shape index (κ2) is 6.32.